The summed E-state index contributed by atoms with van der Waals surface area (Å²) in [7, 11) is 1.45. The summed E-state index contributed by atoms with van der Waals surface area (Å²) in [6, 6.07) is 1.76. The van der Waals surface area contributed by atoms with E-state index in [1.165, 1.54) is 7.11 Å². The first-order chi connectivity index (χ1) is 7.83. The van der Waals surface area contributed by atoms with Gasteiger partial charge in [-0.15, -0.1) is 0 Å². The first-order valence-electron chi connectivity index (χ1n) is 5.37. The van der Waals surface area contributed by atoms with Gasteiger partial charge in [-0.2, -0.15) is 11.3 Å². The third-order valence-electron chi connectivity index (χ3n) is 2.80. The Morgan fingerprint density at radius 2 is 2.31 bits per heavy atom. The largest absolute Gasteiger partial charge is 0.468 e. The number of esters is 1. The molecule has 1 atom stereocenters. The summed E-state index contributed by atoms with van der Waals surface area (Å²) in [5.74, 6) is -0.166. The summed E-state index contributed by atoms with van der Waals surface area (Å²) in [5, 5.41) is 7.29. The molecule has 0 aromatic carbocycles. The van der Waals surface area contributed by atoms with Crippen LogP contribution in [0, 0.1) is 0 Å². The van der Waals surface area contributed by atoms with Crippen molar-refractivity contribution in [1.29, 1.82) is 0 Å². The topological polar surface area (TPSA) is 41.6 Å². The highest BCUT2D eigenvalue weighted by Gasteiger charge is 2.29. The average Bonchev–Trinajstić information content (AvgIpc) is 2.84. The molecule has 5 heteroatoms. The van der Waals surface area contributed by atoms with Gasteiger partial charge < -0.3 is 10.1 Å². The Labute approximate surface area is 99.2 Å². The van der Waals surface area contributed by atoms with Crippen LogP contribution >= 0.6 is 11.3 Å². The summed E-state index contributed by atoms with van der Waals surface area (Å²) >= 11 is 1.61. The van der Waals surface area contributed by atoms with E-state index in [-0.39, 0.29) is 12.0 Å². The van der Waals surface area contributed by atoms with Crippen LogP contribution < -0.4 is 5.32 Å². The molecule has 1 aliphatic rings. The fraction of sp³-hybridized carbons (Fsp3) is 0.545. The van der Waals surface area contributed by atoms with Crippen molar-refractivity contribution >= 4 is 17.3 Å². The van der Waals surface area contributed by atoms with Crippen molar-refractivity contribution in [3.63, 3.8) is 0 Å². The van der Waals surface area contributed by atoms with Crippen molar-refractivity contribution in [2.45, 2.75) is 6.04 Å². The molecule has 2 heterocycles. The van der Waals surface area contributed by atoms with Crippen LogP contribution in [-0.4, -0.2) is 44.2 Å². The molecule has 4 nitrogen and oxygen atoms in total. The van der Waals surface area contributed by atoms with E-state index in [4.69, 9.17) is 4.74 Å². The number of carbonyl (C=O) groups excluding carboxylic acids is 1. The standard InChI is InChI=1S/C11H16N2O2S/c1-15-11(14)10(9-2-7-16-8-9)13-5-3-12-4-6-13/h2,7-8,10,12H,3-6H2,1H3. The molecule has 0 saturated carbocycles. The third-order valence-corrected chi connectivity index (χ3v) is 3.50. The molecule has 0 spiro atoms. The van der Waals surface area contributed by atoms with Gasteiger partial charge in [0, 0.05) is 26.2 Å². The van der Waals surface area contributed by atoms with Gasteiger partial charge in [0.2, 0.25) is 0 Å². The molecule has 1 unspecified atom stereocenters. The zero-order chi connectivity index (χ0) is 11.4. The van der Waals surface area contributed by atoms with E-state index in [0.29, 0.717) is 0 Å². The van der Waals surface area contributed by atoms with Crippen LogP contribution in [0.1, 0.15) is 11.6 Å². The van der Waals surface area contributed by atoms with E-state index in [1.807, 2.05) is 16.8 Å². The molecule has 0 aliphatic carbocycles. The molecule has 0 amide bonds. The Kier molecular flexibility index (Phi) is 3.93. The number of nitrogens with one attached hydrogen (secondary N) is 1. The van der Waals surface area contributed by atoms with E-state index < -0.39 is 0 Å². The predicted octanol–water partition coefficient (Wildman–Crippen LogP) is 0.867. The Bertz CT molecular complexity index is 334. The van der Waals surface area contributed by atoms with Crippen molar-refractivity contribution in [2.24, 2.45) is 0 Å². The molecule has 1 aromatic rings. The molecule has 16 heavy (non-hydrogen) atoms. The molecule has 2 rings (SSSR count). The van der Waals surface area contributed by atoms with Crippen LogP contribution in [0.2, 0.25) is 0 Å². The maximum absolute atomic E-state index is 11.8. The SMILES string of the molecule is COC(=O)C(c1ccsc1)N1CCNCC1. The molecule has 1 N–H and O–H groups in total. The second kappa shape index (κ2) is 5.43. The number of methoxy groups -OCH3 is 1. The lowest BCUT2D eigenvalue weighted by molar-refractivity contribution is -0.147. The van der Waals surface area contributed by atoms with Gasteiger partial charge in [-0.3, -0.25) is 4.90 Å². The smallest absolute Gasteiger partial charge is 0.327 e. The lowest BCUT2D eigenvalue weighted by Crippen LogP contribution is -2.47. The van der Waals surface area contributed by atoms with Crippen LogP contribution in [0.15, 0.2) is 16.8 Å². The molecule has 1 fully saturated rings. The fourth-order valence-electron chi connectivity index (χ4n) is 1.98. The summed E-state index contributed by atoms with van der Waals surface area (Å²) < 4.78 is 4.89. The molecule has 1 aromatic heterocycles. The van der Waals surface area contributed by atoms with Crippen molar-refractivity contribution in [3.05, 3.63) is 22.4 Å². The Hall–Kier alpha value is -0.910. The van der Waals surface area contributed by atoms with Crippen molar-refractivity contribution in [1.82, 2.24) is 10.2 Å². The Balaban J connectivity index is 2.17. The maximum Gasteiger partial charge on any atom is 0.327 e. The molecule has 0 radical (unpaired) electrons. The molecule has 1 aliphatic heterocycles. The number of carbonyl (C=O) groups is 1. The van der Waals surface area contributed by atoms with E-state index in [2.05, 4.69) is 10.2 Å². The second-order valence-corrected chi connectivity index (χ2v) is 4.55. The van der Waals surface area contributed by atoms with Crippen LogP contribution in [0.5, 0.6) is 0 Å². The van der Waals surface area contributed by atoms with Gasteiger partial charge in [0.1, 0.15) is 6.04 Å². The summed E-state index contributed by atoms with van der Waals surface area (Å²) in [6.07, 6.45) is 0. The predicted molar refractivity (Wildman–Crippen MR) is 63.5 cm³/mol. The number of piperazine rings is 1. The second-order valence-electron chi connectivity index (χ2n) is 3.77. The number of hydrogen-bond donors (Lipinski definition) is 1. The van der Waals surface area contributed by atoms with Crippen LogP contribution in [0.4, 0.5) is 0 Å². The van der Waals surface area contributed by atoms with Gasteiger partial charge in [-0.05, 0) is 22.4 Å². The first kappa shape index (κ1) is 11.6. The van der Waals surface area contributed by atoms with Crippen LogP contribution in [0.25, 0.3) is 0 Å². The zero-order valence-corrected chi connectivity index (χ0v) is 10.1. The zero-order valence-electron chi connectivity index (χ0n) is 9.31. The molecule has 0 bridgehead atoms. The quantitative estimate of drug-likeness (QED) is 0.796. The van der Waals surface area contributed by atoms with Crippen LogP contribution in [-0.2, 0) is 9.53 Å². The third kappa shape index (κ3) is 2.42. The molecule has 1 saturated heterocycles. The average molecular weight is 240 g/mol. The number of thiophene rings is 1. The monoisotopic (exact) mass is 240 g/mol. The van der Waals surface area contributed by atoms with Gasteiger partial charge in [0.15, 0.2) is 0 Å². The number of ether oxygens (including phenoxy) is 1. The van der Waals surface area contributed by atoms with Crippen molar-refractivity contribution in [2.75, 3.05) is 33.3 Å². The van der Waals surface area contributed by atoms with Gasteiger partial charge in [0.25, 0.3) is 0 Å². The van der Waals surface area contributed by atoms with E-state index in [0.717, 1.165) is 31.7 Å². The van der Waals surface area contributed by atoms with E-state index in [1.54, 1.807) is 11.3 Å². The van der Waals surface area contributed by atoms with Crippen molar-refractivity contribution < 1.29 is 9.53 Å². The summed E-state index contributed by atoms with van der Waals surface area (Å²) in [4.78, 5) is 14.0. The molecular weight excluding hydrogens is 224 g/mol. The summed E-state index contributed by atoms with van der Waals surface area (Å²) in [5.41, 5.74) is 1.04. The first-order valence-corrected chi connectivity index (χ1v) is 6.32. The van der Waals surface area contributed by atoms with Gasteiger partial charge in [-0.1, -0.05) is 0 Å². The minimum atomic E-state index is -0.238. The fourth-order valence-corrected chi connectivity index (χ4v) is 2.66. The van der Waals surface area contributed by atoms with Gasteiger partial charge >= 0.3 is 5.97 Å². The van der Waals surface area contributed by atoms with E-state index in [9.17, 15) is 4.79 Å². The van der Waals surface area contributed by atoms with Crippen molar-refractivity contribution in [3.8, 4) is 0 Å². The normalized spacial score (nSPS) is 19.3. The maximum atomic E-state index is 11.8. The van der Waals surface area contributed by atoms with Crippen LogP contribution in [0.3, 0.4) is 0 Å². The Morgan fingerprint density at radius 3 is 2.88 bits per heavy atom. The number of rotatable bonds is 3. The number of nitrogens with zero attached hydrogens (tertiary/aromatic N) is 1. The lowest BCUT2D eigenvalue weighted by atomic mass is 10.1. The van der Waals surface area contributed by atoms with E-state index >= 15 is 0 Å². The highest BCUT2D eigenvalue weighted by Crippen LogP contribution is 2.24. The highest BCUT2D eigenvalue weighted by molar-refractivity contribution is 7.08. The molecule has 88 valence electrons. The number of hydrogen-bond acceptors (Lipinski definition) is 5. The highest BCUT2D eigenvalue weighted by atomic mass is 32.1. The minimum absolute atomic E-state index is 0.166. The van der Waals surface area contributed by atoms with Gasteiger partial charge in [-0.25, -0.2) is 4.79 Å². The lowest BCUT2D eigenvalue weighted by Gasteiger charge is -2.32. The molecular formula is C11H16N2O2S. The summed E-state index contributed by atoms with van der Waals surface area (Å²) in [6.45, 7) is 3.63. The van der Waals surface area contributed by atoms with Gasteiger partial charge in [0.05, 0.1) is 7.11 Å². The Morgan fingerprint density at radius 1 is 1.56 bits per heavy atom. The minimum Gasteiger partial charge on any atom is -0.468 e.